The Morgan fingerprint density at radius 2 is 2.29 bits per heavy atom. The summed E-state index contributed by atoms with van der Waals surface area (Å²) < 4.78 is 15.8. The van der Waals surface area contributed by atoms with Crippen LogP contribution in [0.4, 0.5) is 9.80 Å². The van der Waals surface area contributed by atoms with Gasteiger partial charge in [-0.05, 0) is 49.0 Å². The highest BCUT2D eigenvalue weighted by molar-refractivity contribution is 7.16. The van der Waals surface area contributed by atoms with Gasteiger partial charge in [-0.15, -0.1) is 11.3 Å². The highest BCUT2D eigenvalue weighted by Gasteiger charge is 2.33. The van der Waals surface area contributed by atoms with Crippen LogP contribution in [-0.4, -0.2) is 49.8 Å². The maximum Gasteiger partial charge on any atom is 0.409 e. The van der Waals surface area contributed by atoms with Crippen LogP contribution in [0.3, 0.4) is 0 Å². The third-order valence-electron chi connectivity index (χ3n) is 5.54. The second kappa shape index (κ2) is 9.37. The molecule has 0 aromatic carbocycles. The first kappa shape index (κ1) is 21.2. The van der Waals surface area contributed by atoms with Crippen molar-refractivity contribution in [2.75, 3.05) is 32.1 Å². The first-order valence-electron chi connectivity index (χ1n) is 10.1. The maximum absolute atomic E-state index is 12.3. The lowest BCUT2D eigenvalue weighted by Gasteiger charge is -2.37. The Bertz CT molecular complexity index is 1010. The van der Waals surface area contributed by atoms with Gasteiger partial charge in [0.25, 0.3) is 0 Å². The number of likely N-dealkylation sites (tertiary alicyclic amines) is 1. The smallest absolute Gasteiger partial charge is 0.409 e. The molecular weight excluding hydrogens is 418 g/mol. The number of carbonyl (C=O) groups is 2. The molecule has 162 valence electrons. The van der Waals surface area contributed by atoms with Gasteiger partial charge in [-0.25, -0.2) is 4.79 Å². The molecule has 2 aromatic rings. The molecule has 2 aliphatic rings. The molecule has 1 aliphatic heterocycles. The molecule has 0 saturated carbocycles. The standard InChI is InChI=1S/C22H23N3O5S/c1-28-16-11-25(12-16)22(27)30-13-14-4-6-17-18(10-23)21(31-19(17)9-14)24-20(26)7-5-15-3-2-8-29-15/h2-3,5,7-8,14,16H,4,6,9,11-13H2,1H3,(H,24,26)/b7-5+. The molecule has 4 rings (SSSR count). The minimum absolute atomic E-state index is 0.0999. The molecule has 31 heavy (non-hydrogen) atoms. The SMILES string of the molecule is COC1CN(C(=O)OCC2CCc3c(sc(NC(=O)/C=C/c4ccco4)c3C#N)C2)C1. The summed E-state index contributed by atoms with van der Waals surface area (Å²) in [7, 11) is 1.63. The summed E-state index contributed by atoms with van der Waals surface area (Å²) in [6.07, 6.45) is 6.56. The van der Waals surface area contributed by atoms with Crippen LogP contribution in [0.1, 0.15) is 28.2 Å². The fourth-order valence-electron chi connectivity index (χ4n) is 3.72. The third kappa shape index (κ3) is 4.81. The quantitative estimate of drug-likeness (QED) is 0.689. The average Bonchev–Trinajstić information content (AvgIpc) is 3.36. The normalized spacial score (nSPS) is 18.3. The summed E-state index contributed by atoms with van der Waals surface area (Å²) in [6.45, 7) is 1.48. The van der Waals surface area contributed by atoms with Crippen molar-refractivity contribution in [1.82, 2.24) is 4.90 Å². The van der Waals surface area contributed by atoms with Gasteiger partial charge in [-0.2, -0.15) is 5.26 Å². The number of methoxy groups -OCH3 is 1. The predicted molar refractivity (Wildman–Crippen MR) is 115 cm³/mol. The largest absolute Gasteiger partial charge is 0.465 e. The van der Waals surface area contributed by atoms with Crippen LogP contribution in [0.15, 0.2) is 28.9 Å². The zero-order chi connectivity index (χ0) is 21.8. The van der Waals surface area contributed by atoms with Crippen molar-refractivity contribution in [3.8, 4) is 6.07 Å². The highest BCUT2D eigenvalue weighted by atomic mass is 32.1. The van der Waals surface area contributed by atoms with E-state index in [1.165, 1.54) is 23.7 Å². The van der Waals surface area contributed by atoms with Crippen LogP contribution in [-0.2, 0) is 27.1 Å². The van der Waals surface area contributed by atoms with E-state index in [2.05, 4.69) is 11.4 Å². The first-order valence-corrected chi connectivity index (χ1v) is 10.9. The van der Waals surface area contributed by atoms with Crippen molar-refractivity contribution in [3.05, 3.63) is 46.2 Å². The lowest BCUT2D eigenvalue weighted by Crippen LogP contribution is -2.54. The molecule has 0 spiro atoms. The second-order valence-electron chi connectivity index (χ2n) is 7.61. The van der Waals surface area contributed by atoms with Crippen molar-refractivity contribution < 1.29 is 23.5 Å². The molecule has 0 bridgehead atoms. The summed E-state index contributed by atoms with van der Waals surface area (Å²) in [6, 6.07) is 5.72. The van der Waals surface area contributed by atoms with Crippen molar-refractivity contribution in [2.45, 2.75) is 25.4 Å². The Morgan fingerprint density at radius 1 is 1.45 bits per heavy atom. The molecule has 1 saturated heterocycles. The number of amides is 2. The van der Waals surface area contributed by atoms with Crippen LogP contribution in [0.5, 0.6) is 0 Å². The number of ether oxygens (including phenoxy) is 2. The van der Waals surface area contributed by atoms with Gasteiger partial charge in [0.2, 0.25) is 5.91 Å². The van der Waals surface area contributed by atoms with Gasteiger partial charge in [0.15, 0.2) is 0 Å². The van der Waals surface area contributed by atoms with E-state index in [-0.39, 0.29) is 24.0 Å². The fraction of sp³-hybridized carbons (Fsp3) is 0.409. The molecule has 1 unspecified atom stereocenters. The Hall–Kier alpha value is -3.09. The molecule has 1 fully saturated rings. The Kier molecular flexibility index (Phi) is 6.39. The topological polar surface area (TPSA) is 105 Å². The van der Waals surface area contributed by atoms with Crippen LogP contribution < -0.4 is 5.32 Å². The van der Waals surface area contributed by atoms with E-state index in [0.29, 0.717) is 36.0 Å². The number of nitriles is 1. The van der Waals surface area contributed by atoms with E-state index in [0.717, 1.165) is 29.7 Å². The number of fused-ring (bicyclic) bond motifs is 1. The van der Waals surface area contributed by atoms with Gasteiger partial charge in [0.05, 0.1) is 37.6 Å². The van der Waals surface area contributed by atoms with E-state index in [1.807, 2.05) is 0 Å². The molecule has 2 aromatic heterocycles. The van der Waals surface area contributed by atoms with Crippen molar-refractivity contribution in [2.24, 2.45) is 5.92 Å². The van der Waals surface area contributed by atoms with Crippen molar-refractivity contribution in [3.63, 3.8) is 0 Å². The third-order valence-corrected chi connectivity index (χ3v) is 6.71. The Balaban J connectivity index is 1.34. The Morgan fingerprint density at radius 3 is 3.00 bits per heavy atom. The van der Waals surface area contributed by atoms with Crippen LogP contribution >= 0.6 is 11.3 Å². The van der Waals surface area contributed by atoms with Gasteiger partial charge >= 0.3 is 6.09 Å². The van der Waals surface area contributed by atoms with Gasteiger partial charge in [0.1, 0.15) is 16.8 Å². The van der Waals surface area contributed by atoms with Crippen LogP contribution in [0.25, 0.3) is 6.08 Å². The van der Waals surface area contributed by atoms with E-state index >= 15 is 0 Å². The molecule has 3 heterocycles. The summed E-state index contributed by atoms with van der Waals surface area (Å²) in [4.78, 5) is 27.1. The number of thiophene rings is 1. The van der Waals surface area contributed by atoms with E-state index in [4.69, 9.17) is 13.9 Å². The highest BCUT2D eigenvalue weighted by Crippen LogP contribution is 2.39. The summed E-state index contributed by atoms with van der Waals surface area (Å²) >= 11 is 1.42. The maximum atomic E-state index is 12.3. The molecule has 2 amide bonds. The molecular formula is C22H23N3O5S. The van der Waals surface area contributed by atoms with E-state index in [1.54, 1.807) is 30.2 Å². The first-order chi connectivity index (χ1) is 15.1. The number of anilines is 1. The minimum Gasteiger partial charge on any atom is -0.465 e. The number of nitrogens with one attached hydrogen (secondary N) is 1. The molecule has 1 atom stereocenters. The average molecular weight is 442 g/mol. The fourth-order valence-corrected chi connectivity index (χ4v) is 5.03. The number of hydrogen-bond donors (Lipinski definition) is 1. The van der Waals surface area contributed by atoms with Crippen LogP contribution in [0.2, 0.25) is 0 Å². The monoisotopic (exact) mass is 441 g/mol. The number of rotatable bonds is 6. The van der Waals surface area contributed by atoms with Crippen molar-refractivity contribution >= 4 is 34.4 Å². The number of carbonyl (C=O) groups excluding carboxylic acids is 2. The molecule has 9 heteroatoms. The summed E-state index contributed by atoms with van der Waals surface area (Å²) in [5.74, 6) is 0.457. The van der Waals surface area contributed by atoms with E-state index in [9.17, 15) is 14.9 Å². The molecule has 8 nitrogen and oxygen atoms in total. The molecule has 1 N–H and O–H groups in total. The zero-order valence-electron chi connectivity index (χ0n) is 17.1. The number of hydrogen-bond acceptors (Lipinski definition) is 7. The number of furan rings is 1. The van der Waals surface area contributed by atoms with Gasteiger partial charge in [0, 0.05) is 18.1 Å². The summed E-state index contributed by atoms with van der Waals surface area (Å²) in [5, 5.41) is 13.0. The van der Waals surface area contributed by atoms with Gasteiger partial charge in [-0.3, -0.25) is 4.79 Å². The Labute approximate surface area is 184 Å². The molecule has 1 aliphatic carbocycles. The van der Waals surface area contributed by atoms with Crippen LogP contribution in [0, 0.1) is 17.2 Å². The lowest BCUT2D eigenvalue weighted by atomic mass is 9.88. The van der Waals surface area contributed by atoms with Crippen molar-refractivity contribution in [1.29, 1.82) is 5.26 Å². The summed E-state index contributed by atoms with van der Waals surface area (Å²) in [5.41, 5.74) is 1.52. The van der Waals surface area contributed by atoms with Gasteiger partial charge in [-0.1, -0.05) is 0 Å². The molecule has 0 radical (unpaired) electrons. The number of nitrogens with zero attached hydrogens (tertiary/aromatic N) is 2. The second-order valence-corrected chi connectivity index (χ2v) is 8.71. The lowest BCUT2D eigenvalue weighted by molar-refractivity contribution is -0.111. The van der Waals surface area contributed by atoms with E-state index < -0.39 is 0 Å². The predicted octanol–water partition coefficient (Wildman–Crippen LogP) is 3.44. The zero-order valence-corrected chi connectivity index (χ0v) is 17.9. The minimum atomic E-state index is -0.319. The van der Waals surface area contributed by atoms with Gasteiger partial charge < -0.3 is 24.1 Å².